The molecule has 0 fully saturated rings. The van der Waals surface area contributed by atoms with E-state index in [0.717, 1.165) is 20.5 Å². The van der Waals surface area contributed by atoms with E-state index < -0.39 is 0 Å². The predicted octanol–water partition coefficient (Wildman–Crippen LogP) is 4.07. The summed E-state index contributed by atoms with van der Waals surface area (Å²) in [6, 6.07) is 15.6. The highest BCUT2D eigenvalue weighted by Gasteiger charge is 2.02. The monoisotopic (exact) mass is 235 g/mol. The Hall–Kier alpha value is -1.12. The second kappa shape index (κ2) is 4.60. The summed E-state index contributed by atoms with van der Waals surface area (Å²) >= 11 is 7.69. The lowest BCUT2D eigenvalue weighted by Crippen LogP contribution is -1.84. The molecule has 0 aliphatic carbocycles. The van der Waals surface area contributed by atoms with E-state index in [2.05, 4.69) is 0 Å². The standard InChI is InChI=1S/C12H10ClNS/c13-11-7-6-9(14)8-12(11)15-10-4-2-1-3-5-10/h1-8H,14H2. The molecule has 0 heterocycles. The minimum atomic E-state index is 0.734. The second-order valence-corrected chi connectivity index (χ2v) is 4.63. The van der Waals surface area contributed by atoms with Gasteiger partial charge in [-0.15, -0.1) is 0 Å². The number of hydrogen-bond acceptors (Lipinski definition) is 2. The fourth-order valence-corrected chi connectivity index (χ4v) is 2.35. The quantitative estimate of drug-likeness (QED) is 0.794. The molecule has 0 bridgehead atoms. The highest BCUT2D eigenvalue weighted by atomic mass is 35.5. The van der Waals surface area contributed by atoms with E-state index in [1.165, 1.54) is 0 Å². The summed E-state index contributed by atoms with van der Waals surface area (Å²) in [4.78, 5) is 2.15. The van der Waals surface area contributed by atoms with Crippen LogP contribution in [-0.4, -0.2) is 0 Å². The van der Waals surface area contributed by atoms with Crippen molar-refractivity contribution in [1.29, 1.82) is 0 Å². The van der Waals surface area contributed by atoms with Gasteiger partial charge in [0.2, 0.25) is 0 Å². The third-order valence-corrected chi connectivity index (χ3v) is 3.43. The first kappa shape index (κ1) is 10.4. The van der Waals surface area contributed by atoms with E-state index >= 15 is 0 Å². The Balaban J connectivity index is 2.28. The SMILES string of the molecule is Nc1ccc(Cl)c(Sc2ccccc2)c1. The van der Waals surface area contributed by atoms with Crippen molar-refractivity contribution in [2.75, 3.05) is 5.73 Å². The molecule has 0 aromatic heterocycles. The lowest BCUT2D eigenvalue weighted by Gasteiger charge is -2.04. The highest BCUT2D eigenvalue weighted by molar-refractivity contribution is 7.99. The zero-order valence-corrected chi connectivity index (χ0v) is 9.55. The van der Waals surface area contributed by atoms with Crippen LogP contribution in [0.25, 0.3) is 0 Å². The Bertz CT molecular complexity index is 456. The van der Waals surface area contributed by atoms with E-state index in [-0.39, 0.29) is 0 Å². The summed E-state index contributed by atoms with van der Waals surface area (Å²) < 4.78 is 0. The van der Waals surface area contributed by atoms with Crippen LogP contribution in [0.2, 0.25) is 5.02 Å². The Morgan fingerprint density at radius 1 is 1.00 bits per heavy atom. The van der Waals surface area contributed by atoms with Crippen molar-refractivity contribution in [3.63, 3.8) is 0 Å². The average molecular weight is 236 g/mol. The lowest BCUT2D eigenvalue weighted by atomic mass is 10.3. The molecule has 0 saturated carbocycles. The molecule has 0 aliphatic heterocycles. The van der Waals surface area contributed by atoms with Gasteiger partial charge in [-0.3, -0.25) is 0 Å². The molecule has 0 unspecified atom stereocenters. The molecule has 76 valence electrons. The fourth-order valence-electron chi connectivity index (χ4n) is 1.21. The summed E-state index contributed by atoms with van der Waals surface area (Å²) in [5.41, 5.74) is 6.44. The van der Waals surface area contributed by atoms with Gasteiger partial charge in [0.05, 0.1) is 5.02 Å². The maximum absolute atomic E-state index is 6.07. The molecule has 2 aromatic rings. The average Bonchev–Trinajstić information content (AvgIpc) is 2.25. The largest absolute Gasteiger partial charge is 0.399 e. The van der Waals surface area contributed by atoms with Gasteiger partial charge in [-0.2, -0.15) is 0 Å². The van der Waals surface area contributed by atoms with Gasteiger partial charge >= 0.3 is 0 Å². The molecule has 0 atom stereocenters. The molecular weight excluding hydrogens is 226 g/mol. The van der Waals surface area contributed by atoms with E-state index in [9.17, 15) is 0 Å². The fraction of sp³-hybridized carbons (Fsp3) is 0. The normalized spacial score (nSPS) is 10.2. The van der Waals surface area contributed by atoms with Gasteiger partial charge in [-0.25, -0.2) is 0 Å². The van der Waals surface area contributed by atoms with Crippen LogP contribution in [0.1, 0.15) is 0 Å². The van der Waals surface area contributed by atoms with E-state index in [0.29, 0.717) is 0 Å². The number of rotatable bonds is 2. The highest BCUT2D eigenvalue weighted by Crippen LogP contribution is 2.34. The van der Waals surface area contributed by atoms with Crippen LogP contribution in [0, 0.1) is 0 Å². The smallest absolute Gasteiger partial charge is 0.0546 e. The molecule has 2 aromatic carbocycles. The number of halogens is 1. The van der Waals surface area contributed by atoms with Crippen molar-refractivity contribution >= 4 is 29.1 Å². The van der Waals surface area contributed by atoms with E-state index in [1.807, 2.05) is 42.5 Å². The van der Waals surface area contributed by atoms with Crippen LogP contribution in [0.3, 0.4) is 0 Å². The summed E-state index contributed by atoms with van der Waals surface area (Å²) in [5.74, 6) is 0. The number of nitrogens with two attached hydrogens (primary N) is 1. The maximum Gasteiger partial charge on any atom is 0.0546 e. The molecular formula is C12H10ClNS. The van der Waals surface area contributed by atoms with Gasteiger partial charge in [-0.1, -0.05) is 41.6 Å². The van der Waals surface area contributed by atoms with E-state index in [1.54, 1.807) is 17.8 Å². The lowest BCUT2D eigenvalue weighted by molar-refractivity contribution is 1.41. The zero-order chi connectivity index (χ0) is 10.7. The number of anilines is 1. The molecule has 15 heavy (non-hydrogen) atoms. The minimum absolute atomic E-state index is 0.734. The molecule has 2 N–H and O–H groups in total. The third-order valence-electron chi connectivity index (χ3n) is 1.93. The molecule has 0 radical (unpaired) electrons. The van der Waals surface area contributed by atoms with Gasteiger partial charge in [0, 0.05) is 15.5 Å². The van der Waals surface area contributed by atoms with Crippen molar-refractivity contribution in [2.24, 2.45) is 0 Å². The molecule has 2 rings (SSSR count). The van der Waals surface area contributed by atoms with Gasteiger partial charge in [-0.05, 0) is 30.3 Å². The van der Waals surface area contributed by atoms with Crippen molar-refractivity contribution in [3.05, 3.63) is 53.6 Å². The first-order valence-electron chi connectivity index (χ1n) is 4.53. The Morgan fingerprint density at radius 2 is 1.73 bits per heavy atom. The van der Waals surface area contributed by atoms with Crippen LogP contribution in [0.4, 0.5) is 5.69 Å². The first-order chi connectivity index (χ1) is 7.25. The minimum Gasteiger partial charge on any atom is -0.399 e. The molecule has 0 amide bonds. The Morgan fingerprint density at radius 3 is 2.47 bits per heavy atom. The van der Waals surface area contributed by atoms with Crippen LogP contribution >= 0.6 is 23.4 Å². The van der Waals surface area contributed by atoms with Gasteiger partial charge < -0.3 is 5.73 Å². The summed E-state index contributed by atoms with van der Waals surface area (Å²) in [7, 11) is 0. The summed E-state index contributed by atoms with van der Waals surface area (Å²) in [6.45, 7) is 0. The van der Waals surface area contributed by atoms with Crippen LogP contribution in [0.5, 0.6) is 0 Å². The van der Waals surface area contributed by atoms with Crippen LogP contribution < -0.4 is 5.73 Å². The molecule has 1 nitrogen and oxygen atoms in total. The molecule has 0 spiro atoms. The van der Waals surface area contributed by atoms with Crippen molar-refractivity contribution in [1.82, 2.24) is 0 Å². The number of benzene rings is 2. The van der Waals surface area contributed by atoms with Gasteiger partial charge in [0.25, 0.3) is 0 Å². The zero-order valence-electron chi connectivity index (χ0n) is 7.98. The summed E-state index contributed by atoms with van der Waals surface area (Å²) in [5, 5.41) is 0.734. The summed E-state index contributed by atoms with van der Waals surface area (Å²) in [6.07, 6.45) is 0. The van der Waals surface area contributed by atoms with Gasteiger partial charge in [0.15, 0.2) is 0 Å². The Labute approximate surface area is 98.3 Å². The Kier molecular flexibility index (Phi) is 3.19. The third kappa shape index (κ3) is 2.67. The van der Waals surface area contributed by atoms with Crippen molar-refractivity contribution < 1.29 is 0 Å². The second-order valence-electron chi connectivity index (χ2n) is 3.10. The van der Waals surface area contributed by atoms with Crippen LogP contribution in [0.15, 0.2) is 58.3 Å². The number of nitrogen functional groups attached to an aromatic ring is 1. The van der Waals surface area contributed by atoms with Crippen molar-refractivity contribution in [3.8, 4) is 0 Å². The topological polar surface area (TPSA) is 26.0 Å². The number of hydrogen-bond donors (Lipinski definition) is 1. The first-order valence-corrected chi connectivity index (χ1v) is 5.73. The van der Waals surface area contributed by atoms with Crippen molar-refractivity contribution in [2.45, 2.75) is 9.79 Å². The van der Waals surface area contributed by atoms with Crippen LogP contribution in [-0.2, 0) is 0 Å². The molecule has 0 aliphatic rings. The molecule has 3 heteroatoms. The maximum atomic E-state index is 6.07. The molecule has 0 saturated heterocycles. The van der Waals surface area contributed by atoms with Gasteiger partial charge in [0.1, 0.15) is 0 Å². The van der Waals surface area contributed by atoms with E-state index in [4.69, 9.17) is 17.3 Å². The predicted molar refractivity (Wildman–Crippen MR) is 66.4 cm³/mol.